The lowest BCUT2D eigenvalue weighted by Gasteiger charge is -2.36. The highest BCUT2D eigenvalue weighted by molar-refractivity contribution is 6.04. The van der Waals surface area contributed by atoms with E-state index in [0.717, 1.165) is 17.5 Å². The van der Waals surface area contributed by atoms with Crippen LogP contribution < -0.4 is 15.5 Å². The molecule has 1 aliphatic rings. The molecule has 0 aromatic heterocycles. The number of urea groups is 2. The minimum Gasteiger partial charge on any atom is -0.320 e. The number of anilines is 3. The van der Waals surface area contributed by atoms with Crippen LogP contribution >= 0.6 is 0 Å². The number of carbonyl (C=O) groups is 2. The van der Waals surface area contributed by atoms with Crippen LogP contribution in [0.2, 0.25) is 0 Å². The summed E-state index contributed by atoms with van der Waals surface area (Å²) in [5.41, 5.74) is 5.34. The molecule has 4 amide bonds. The van der Waals surface area contributed by atoms with Crippen molar-refractivity contribution in [3.05, 3.63) is 89.5 Å². The monoisotopic (exact) mass is 428 g/mol. The van der Waals surface area contributed by atoms with Gasteiger partial charge in [-0.25, -0.2) is 9.59 Å². The molecule has 3 aromatic rings. The van der Waals surface area contributed by atoms with E-state index in [-0.39, 0.29) is 12.1 Å². The Labute approximate surface area is 188 Å². The molecule has 0 aliphatic carbocycles. The maximum absolute atomic E-state index is 13.3. The molecule has 6 nitrogen and oxygen atoms in total. The molecule has 1 saturated heterocycles. The summed E-state index contributed by atoms with van der Waals surface area (Å²) in [5, 5.41) is 5.76. The van der Waals surface area contributed by atoms with Gasteiger partial charge in [0.25, 0.3) is 0 Å². The number of nitrogens with one attached hydrogen (secondary N) is 2. The van der Waals surface area contributed by atoms with Gasteiger partial charge in [0.1, 0.15) is 0 Å². The molecule has 164 valence electrons. The van der Waals surface area contributed by atoms with Crippen LogP contribution in [0.4, 0.5) is 26.7 Å². The van der Waals surface area contributed by atoms with E-state index in [4.69, 9.17) is 0 Å². The molecule has 0 unspecified atom stereocenters. The van der Waals surface area contributed by atoms with Crippen molar-refractivity contribution in [3.63, 3.8) is 0 Å². The number of hydrogen-bond donors (Lipinski definition) is 2. The van der Waals surface area contributed by atoms with Gasteiger partial charge in [0.05, 0.1) is 11.4 Å². The van der Waals surface area contributed by atoms with Crippen LogP contribution in [0.1, 0.15) is 23.1 Å². The first-order valence-electron chi connectivity index (χ1n) is 10.9. The lowest BCUT2D eigenvalue weighted by molar-refractivity contribution is 0.192. The smallest absolute Gasteiger partial charge is 0.320 e. The average molecular weight is 429 g/mol. The number of rotatable bonds is 5. The Morgan fingerprint density at radius 1 is 0.875 bits per heavy atom. The van der Waals surface area contributed by atoms with Gasteiger partial charge < -0.3 is 15.5 Å². The van der Waals surface area contributed by atoms with Crippen molar-refractivity contribution in [2.75, 3.05) is 28.6 Å². The topological polar surface area (TPSA) is 64.7 Å². The summed E-state index contributed by atoms with van der Waals surface area (Å²) in [7, 11) is 0. The van der Waals surface area contributed by atoms with Gasteiger partial charge >= 0.3 is 12.1 Å². The van der Waals surface area contributed by atoms with E-state index in [1.807, 2.05) is 60.4 Å². The molecular formula is C26H28N4O2. The summed E-state index contributed by atoms with van der Waals surface area (Å²) in [5.74, 6) is 0. The summed E-state index contributed by atoms with van der Waals surface area (Å²) >= 11 is 0. The lowest BCUT2D eigenvalue weighted by Crippen LogP contribution is -2.49. The van der Waals surface area contributed by atoms with Crippen molar-refractivity contribution >= 4 is 29.1 Å². The second-order valence-electron chi connectivity index (χ2n) is 8.16. The van der Waals surface area contributed by atoms with E-state index >= 15 is 0 Å². The van der Waals surface area contributed by atoms with Crippen LogP contribution in [0, 0.1) is 13.8 Å². The molecule has 0 atom stereocenters. The summed E-state index contributed by atoms with van der Waals surface area (Å²) in [6.07, 6.45) is 0.862. The van der Waals surface area contributed by atoms with Crippen LogP contribution in [0.3, 0.4) is 0 Å². The van der Waals surface area contributed by atoms with Crippen molar-refractivity contribution in [1.82, 2.24) is 4.90 Å². The molecule has 3 aromatic carbocycles. The summed E-state index contributed by atoms with van der Waals surface area (Å²) in [6, 6.07) is 22.9. The Balaban J connectivity index is 1.52. The van der Waals surface area contributed by atoms with Gasteiger partial charge in [0.15, 0.2) is 0 Å². The number of carbonyl (C=O) groups excluding carboxylic acids is 2. The zero-order chi connectivity index (χ0) is 22.5. The first kappa shape index (κ1) is 21.4. The van der Waals surface area contributed by atoms with Crippen molar-refractivity contribution in [3.8, 4) is 0 Å². The van der Waals surface area contributed by atoms with Crippen molar-refractivity contribution in [2.24, 2.45) is 0 Å². The normalized spacial score (nSPS) is 13.8. The van der Waals surface area contributed by atoms with Gasteiger partial charge in [-0.3, -0.25) is 4.90 Å². The largest absolute Gasteiger partial charge is 0.324 e. The minimum absolute atomic E-state index is 0.0489. The number of para-hydroxylation sites is 1. The van der Waals surface area contributed by atoms with Crippen molar-refractivity contribution in [1.29, 1.82) is 0 Å². The molecule has 0 saturated carbocycles. The average Bonchev–Trinajstić information content (AvgIpc) is 2.78. The van der Waals surface area contributed by atoms with Crippen LogP contribution in [-0.4, -0.2) is 30.1 Å². The Kier molecular flexibility index (Phi) is 6.40. The Morgan fingerprint density at radius 3 is 2.34 bits per heavy atom. The number of aryl methyl sites for hydroxylation is 2. The molecule has 1 aliphatic heterocycles. The van der Waals surface area contributed by atoms with Crippen molar-refractivity contribution in [2.45, 2.75) is 26.8 Å². The molecule has 0 bridgehead atoms. The minimum atomic E-state index is -0.344. The summed E-state index contributed by atoms with van der Waals surface area (Å²) < 4.78 is 0. The highest BCUT2D eigenvalue weighted by Crippen LogP contribution is 2.30. The Hall–Kier alpha value is -3.80. The third-order valence-corrected chi connectivity index (χ3v) is 5.53. The second kappa shape index (κ2) is 9.56. The highest BCUT2D eigenvalue weighted by Gasteiger charge is 2.28. The van der Waals surface area contributed by atoms with Crippen molar-refractivity contribution < 1.29 is 9.59 Å². The fourth-order valence-corrected chi connectivity index (χ4v) is 3.86. The van der Waals surface area contributed by atoms with Gasteiger partial charge in [-0.05, 0) is 55.7 Å². The Bertz CT molecular complexity index is 1100. The molecule has 6 heteroatoms. The van der Waals surface area contributed by atoms with E-state index in [1.165, 1.54) is 5.56 Å². The van der Waals surface area contributed by atoms with E-state index in [2.05, 4.69) is 41.8 Å². The summed E-state index contributed by atoms with van der Waals surface area (Å²) in [6.45, 7) is 5.91. The fourth-order valence-electron chi connectivity index (χ4n) is 3.86. The first-order valence-corrected chi connectivity index (χ1v) is 10.9. The first-order chi connectivity index (χ1) is 15.5. The zero-order valence-corrected chi connectivity index (χ0v) is 18.5. The second-order valence-corrected chi connectivity index (χ2v) is 8.16. The molecular weight excluding hydrogens is 400 g/mol. The number of benzene rings is 3. The van der Waals surface area contributed by atoms with E-state index in [1.54, 1.807) is 4.90 Å². The number of nitrogens with zero attached hydrogens (tertiary/aromatic N) is 2. The van der Waals surface area contributed by atoms with Gasteiger partial charge in [0.2, 0.25) is 0 Å². The van der Waals surface area contributed by atoms with Crippen LogP contribution in [0.25, 0.3) is 0 Å². The zero-order valence-electron chi connectivity index (χ0n) is 18.5. The quantitative estimate of drug-likeness (QED) is 0.541. The molecule has 4 rings (SSSR count). The van der Waals surface area contributed by atoms with Crippen LogP contribution in [0.5, 0.6) is 0 Å². The molecule has 32 heavy (non-hydrogen) atoms. The van der Waals surface area contributed by atoms with Gasteiger partial charge in [-0.15, -0.1) is 0 Å². The van der Waals surface area contributed by atoms with E-state index in [9.17, 15) is 9.59 Å². The predicted octanol–water partition coefficient (Wildman–Crippen LogP) is 5.78. The van der Waals surface area contributed by atoms with Crippen LogP contribution in [-0.2, 0) is 6.54 Å². The van der Waals surface area contributed by atoms with Gasteiger partial charge in [-0.2, -0.15) is 0 Å². The maximum Gasteiger partial charge on any atom is 0.324 e. The number of amides is 4. The Morgan fingerprint density at radius 2 is 1.59 bits per heavy atom. The standard InChI is InChI=1S/C26H28N4O2/c1-19-9-12-21(13-10-19)18-29-15-6-16-30(26(29)32)24-14-11-20(2)17-23(24)28-25(31)27-22-7-4-3-5-8-22/h3-5,7-14,17H,6,15-16,18H2,1-2H3,(H2,27,28,31). The molecule has 1 heterocycles. The third kappa shape index (κ3) is 5.09. The number of hydrogen-bond acceptors (Lipinski definition) is 2. The van der Waals surface area contributed by atoms with E-state index < -0.39 is 0 Å². The predicted molar refractivity (Wildman–Crippen MR) is 129 cm³/mol. The summed E-state index contributed by atoms with van der Waals surface area (Å²) in [4.78, 5) is 29.6. The third-order valence-electron chi connectivity index (χ3n) is 5.53. The highest BCUT2D eigenvalue weighted by atomic mass is 16.2. The van der Waals surface area contributed by atoms with E-state index in [0.29, 0.717) is 36.7 Å². The van der Waals surface area contributed by atoms with Gasteiger partial charge in [0, 0.05) is 25.3 Å². The fraction of sp³-hybridized carbons (Fsp3) is 0.231. The molecule has 1 fully saturated rings. The molecule has 0 radical (unpaired) electrons. The maximum atomic E-state index is 13.3. The molecule has 0 spiro atoms. The molecule has 2 N–H and O–H groups in total. The van der Waals surface area contributed by atoms with Gasteiger partial charge in [-0.1, -0.05) is 54.1 Å². The SMILES string of the molecule is Cc1ccc(CN2CCCN(c3ccc(C)cc3NC(=O)Nc3ccccc3)C2=O)cc1. The van der Waals surface area contributed by atoms with Crippen LogP contribution in [0.15, 0.2) is 72.8 Å². The lowest BCUT2D eigenvalue weighted by atomic mass is 10.1.